The number of halogens is 2. The van der Waals surface area contributed by atoms with E-state index in [0.717, 1.165) is 0 Å². The molecule has 0 spiro atoms. The number of nitrogens with one attached hydrogen (secondary N) is 1. The van der Waals surface area contributed by atoms with Gasteiger partial charge < -0.3 is 5.32 Å². The van der Waals surface area contributed by atoms with E-state index in [1.54, 1.807) is 35.0 Å². The number of fused-ring (bicyclic) bond motifs is 1. The van der Waals surface area contributed by atoms with Crippen LogP contribution < -0.4 is 10.7 Å². The second-order valence-electron chi connectivity index (χ2n) is 6.21. The van der Waals surface area contributed by atoms with Gasteiger partial charge >= 0.3 is 0 Å². The largest absolute Gasteiger partial charge is 0.302 e. The van der Waals surface area contributed by atoms with E-state index in [2.05, 4.69) is 15.4 Å². The Hall–Kier alpha value is -2.74. The van der Waals surface area contributed by atoms with Gasteiger partial charge in [-0.3, -0.25) is 14.3 Å². The number of aryl methyl sites for hydroxylation is 1. The van der Waals surface area contributed by atoms with Crippen LogP contribution in [0.4, 0.5) is 5.13 Å². The van der Waals surface area contributed by atoms with Crippen LogP contribution >= 0.6 is 34.5 Å². The maximum absolute atomic E-state index is 12.4. The summed E-state index contributed by atoms with van der Waals surface area (Å²) in [5.74, 6) is -0.201. The molecular formula is C20H14Cl2N4O2S. The van der Waals surface area contributed by atoms with Gasteiger partial charge in [0.2, 0.25) is 11.3 Å². The number of anilines is 1. The Morgan fingerprint density at radius 3 is 2.86 bits per heavy atom. The Labute approximate surface area is 179 Å². The minimum Gasteiger partial charge on any atom is -0.302 e. The lowest BCUT2D eigenvalue weighted by Gasteiger charge is -2.08. The highest BCUT2D eigenvalue weighted by Gasteiger charge is 2.12. The SMILES string of the molecule is O=C(CCn1ncc(=O)c2ccccc21)Nc1nc(-c2cc(Cl)ccc2Cl)cs1. The number of hydrogen-bond donors (Lipinski definition) is 1. The zero-order valence-corrected chi connectivity index (χ0v) is 17.3. The number of para-hydroxylation sites is 1. The first-order chi connectivity index (χ1) is 14.0. The second kappa shape index (κ2) is 8.32. The highest BCUT2D eigenvalue weighted by Crippen LogP contribution is 2.32. The number of benzene rings is 2. The van der Waals surface area contributed by atoms with Crippen molar-refractivity contribution < 1.29 is 4.79 Å². The Balaban J connectivity index is 1.45. The molecule has 29 heavy (non-hydrogen) atoms. The van der Waals surface area contributed by atoms with Gasteiger partial charge in [-0.05, 0) is 30.3 Å². The third-order valence-corrected chi connectivity index (χ3v) is 5.59. The highest BCUT2D eigenvalue weighted by atomic mass is 35.5. The second-order valence-corrected chi connectivity index (χ2v) is 7.91. The molecule has 0 bridgehead atoms. The van der Waals surface area contributed by atoms with Crippen LogP contribution in [0.25, 0.3) is 22.2 Å². The summed E-state index contributed by atoms with van der Waals surface area (Å²) in [6.07, 6.45) is 1.45. The molecule has 4 rings (SSSR count). The predicted octanol–water partition coefficient (Wildman–Crippen LogP) is 4.86. The number of rotatable bonds is 5. The van der Waals surface area contributed by atoms with E-state index in [4.69, 9.17) is 23.2 Å². The number of hydrogen-bond acceptors (Lipinski definition) is 5. The summed E-state index contributed by atoms with van der Waals surface area (Å²) in [6, 6.07) is 12.3. The molecule has 0 aliphatic rings. The molecule has 2 heterocycles. The average Bonchev–Trinajstić information content (AvgIpc) is 3.17. The number of carbonyl (C=O) groups excluding carboxylic acids is 1. The summed E-state index contributed by atoms with van der Waals surface area (Å²) in [5, 5.41) is 10.9. The lowest BCUT2D eigenvalue weighted by molar-refractivity contribution is -0.116. The van der Waals surface area contributed by atoms with Gasteiger partial charge in [-0.25, -0.2) is 4.98 Å². The zero-order valence-electron chi connectivity index (χ0n) is 14.9. The molecule has 4 aromatic rings. The average molecular weight is 445 g/mol. The van der Waals surface area contributed by atoms with E-state index in [1.807, 2.05) is 17.5 Å². The molecular weight excluding hydrogens is 431 g/mol. The highest BCUT2D eigenvalue weighted by molar-refractivity contribution is 7.14. The third kappa shape index (κ3) is 4.32. The van der Waals surface area contributed by atoms with Gasteiger partial charge in [0.25, 0.3) is 0 Å². The fourth-order valence-corrected chi connectivity index (χ4v) is 3.99. The van der Waals surface area contributed by atoms with Crippen LogP contribution in [0.3, 0.4) is 0 Å². The maximum Gasteiger partial charge on any atom is 0.228 e. The van der Waals surface area contributed by atoms with Crippen molar-refractivity contribution in [2.45, 2.75) is 13.0 Å². The summed E-state index contributed by atoms with van der Waals surface area (Å²) in [4.78, 5) is 28.7. The molecule has 2 aromatic carbocycles. The van der Waals surface area contributed by atoms with E-state index < -0.39 is 0 Å². The van der Waals surface area contributed by atoms with Crippen molar-refractivity contribution in [1.82, 2.24) is 14.8 Å². The number of aromatic nitrogens is 3. The number of thiazole rings is 1. The molecule has 6 nitrogen and oxygen atoms in total. The van der Waals surface area contributed by atoms with Crippen LogP contribution in [0.2, 0.25) is 10.0 Å². The normalized spacial score (nSPS) is 11.0. The van der Waals surface area contributed by atoms with Crippen LogP contribution in [0.15, 0.2) is 58.8 Å². The van der Waals surface area contributed by atoms with Gasteiger partial charge in [0.05, 0.1) is 29.0 Å². The first kappa shape index (κ1) is 19.6. The first-order valence-electron chi connectivity index (χ1n) is 8.67. The molecule has 0 unspecified atom stereocenters. The van der Waals surface area contributed by atoms with Crippen molar-refractivity contribution in [2.75, 3.05) is 5.32 Å². The molecule has 1 N–H and O–H groups in total. The van der Waals surface area contributed by atoms with E-state index in [9.17, 15) is 9.59 Å². The van der Waals surface area contributed by atoms with E-state index in [-0.39, 0.29) is 17.8 Å². The summed E-state index contributed by atoms with van der Waals surface area (Å²) in [6.45, 7) is 0.338. The van der Waals surface area contributed by atoms with Crippen molar-refractivity contribution in [1.29, 1.82) is 0 Å². The Kier molecular flexibility index (Phi) is 5.62. The van der Waals surface area contributed by atoms with Gasteiger partial charge in [-0.1, -0.05) is 35.3 Å². The summed E-state index contributed by atoms with van der Waals surface area (Å²) < 4.78 is 1.65. The van der Waals surface area contributed by atoms with Crippen LogP contribution in [0, 0.1) is 0 Å². The van der Waals surface area contributed by atoms with Crippen LogP contribution in [0.1, 0.15) is 6.42 Å². The van der Waals surface area contributed by atoms with Crippen molar-refractivity contribution >= 4 is 56.5 Å². The van der Waals surface area contributed by atoms with Gasteiger partial charge in [-0.2, -0.15) is 5.10 Å². The molecule has 0 radical (unpaired) electrons. The van der Waals surface area contributed by atoms with Crippen molar-refractivity contribution in [2.24, 2.45) is 0 Å². The molecule has 0 fully saturated rings. The monoisotopic (exact) mass is 444 g/mol. The van der Waals surface area contributed by atoms with Gasteiger partial charge in [0.15, 0.2) is 5.13 Å². The molecule has 0 aliphatic carbocycles. The number of amides is 1. The lowest BCUT2D eigenvalue weighted by Crippen LogP contribution is -2.17. The van der Waals surface area contributed by atoms with E-state index in [0.29, 0.717) is 43.9 Å². The van der Waals surface area contributed by atoms with Gasteiger partial charge in [0, 0.05) is 27.8 Å². The quantitative estimate of drug-likeness (QED) is 0.476. The fraction of sp³-hybridized carbons (Fsp3) is 0.100. The topological polar surface area (TPSA) is 76.9 Å². The van der Waals surface area contributed by atoms with Crippen molar-refractivity contribution in [3.05, 3.63) is 74.3 Å². The van der Waals surface area contributed by atoms with E-state index >= 15 is 0 Å². The van der Waals surface area contributed by atoms with Gasteiger partial charge in [0.1, 0.15) is 0 Å². The number of nitrogens with zero attached hydrogens (tertiary/aromatic N) is 3. The van der Waals surface area contributed by atoms with Crippen LogP contribution in [-0.4, -0.2) is 20.7 Å². The molecule has 0 saturated carbocycles. The maximum atomic E-state index is 12.4. The fourth-order valence-electron chi connectivity index (χ4n) is 2.88. The first-order valence-corrected chi connectivity index (χ1v) is 10.3. The predicted molar refractivity (Wildman–Crippen MR) is 117 cm³/mol. The molecule has 0 aliphatic heterocycles. The van der Waals surface area contributed by atoms with E-state index in [1.165, 1.54) is 17.5 Å². The van der Waals surface area contributed by atoms with Crippen LogP contribution in [0.5, 0.6) is 0 Å². The molecule has 1 amide bonds. The third-order valence-electron chi connectivity index (χ3n) is 4.27. The molecule has 9 heteroatoms. The lowest BCUT2D eigenvalue weighted by atomic mass is 10.2. The number of carbonyl (C=O) groups is 1. The minimum atomic E-state index is -0.201. The Bertz CT molecular complexity index is 1270. The summed E-state index contributed by atoms with van der Waals surface area (Å²) in [7, 11) is 0. The smallest absolute Gasteiger partial charge is 0.228 e. The molecule has 2 aromatic heterocycles. The standard InChI is InChI=1S/C20H14Cl2N4O2S/c21-12-5-6-15(22)14(9-12)16-11-29-20(24-16)25-19(28)7-8-26-17-4-2-1-3-13(17)18(27)10-23-26/h1-6,9-11H,7-8H2,(H,24,25,28). The Morgan fingerprint density at radius 1 is 1.17 bits per heavy atom. The Morgan fingerprint density at radius 2 is 2.00 bits per heavy atom. The summed E-state index contributed by atoms with van der Waals surface area (Å²) >= 11 is 13.5. The zero-order chi connectivity index (χ0) is 20.4. The molecule has 0 atom stereocenters. The van der Waals surface area contributed by atoms with Crippen molar-refractivity contribution in [3.8, 4) is 11.3 Å². The van der Waals surface area contributed by atoms with Crippen LogP contribution in [-0.2, 0) is 11.3 Å². The van der Waals surface area contributed by atoms with Gasteiger partial charge in [-0.15, -0.1) is 11.3 Å². The van der Waals surface area contributed by atoms with Crippen molar-refractivity contribution in [3.63, 3.8) is 0 Å². The molecule has 0 saturated heterocycles. The summed E-state index contributed by atoms with van der Waals surface area (Å²) in [5.41, 5.74) is 1.90. The molecule has 146 valence electrons. The minimum absolute atomic E-state index is 0.142.